The molecule has 1 aromatic heterocycles. The maximum Gasteiger partial charge on any atom is 0.194 e. The molecule has 7 heteroatoms. The Balaban J connectivity index is 1.66. The van der Waals surface area contributed by atoms with Gasteiger partial charge >= 0.3 is 0 Å². The number of nitrogens with zero attached hydrogens (tertiary/aromatic N) is 2. The van der Waals surface area contributed by atoms with Crippen LogP contribution in [0.1, 0.15) is 33.6 Å². The Labute approximate surface area is 177 Å². The first-order valence-corrected chi connectivity index (χ1v) is 9.51. The van der Waals surface area contributed by atoms with Gasteiger partial charge in [-0.15, -0.1) is 0 Å². The zero-order valence-electron chi connectivity index (χ0n) is 15.7. The number of allylic oxidation sites excluding steroid dienone is 2. The van der Waals surface area contributed by atoms with Crippen molar-refractivity contribution in [2.75, 3.05) is 5.73 Å². The third-order valence-corrected chi connectivity index (χ3v) is 5.11. The Bertz CT molecular complexity index is 1230. The van der Waals surface area contributed by atoms with E-state index in [1.54, 1.807) is 18.2 Å². The van der Waals surface area contributed by atoms with Crippen LogP contribution in [0.4, 0.5) is 10.1 Å². The number of nitrogens with two attached hydrogens (primary N) is 1. The van der Waals surface area contributed by atoms with E-state index in [9.17, 15) is 14.4 Å². The van der Waals surface area contributed by atoms with Gasteiger partial charge in [0.1, 0.15) is 23.4 Å². The molecule has 148 valence electrons. The van der Waals surface area contributed by atoms with Crippen LogP contribution in [0.3, 0.4) is 0 Å². The van der Waals surface area contributed by atoms with Gasteiger partial charge in [-0.1, -0.05) is 17.7 Å². The van der Waals surface area contributed by atoms with Crippen LogP contribution in [0.5, 0.6) is 11.5 Å². The van der Waals surface area contributed by atoms with Crippen molar-refractivity contribution in [2.45, 2.75) is 12.8 Å². The number of aryl methyl sites for hydroxylation is 1. The van der Waals surface area contributed by atoms with Gasteiger partial charge in [-0.05, 0) is 49.2 Å². The molecule has 2 aromatic carbocycles. The molecule has 1 aliphatic carbocycles. The lowest BCUT2D eigenvalue weighted by molar-refractivity contribution is 0.105. The lowest BCUT2D eigenvalue weighted by Crippen LogP contribution is -2.14. The van der Waals surface area contributed by atoms with Crippen molar-refractivity contribution in [3.05, 3.63) is 88.0 Å². The first-order valence-electron chi connectivity index (χ1n) is 9.13. The number of rotatable bonds is 4. The summed E-state index contributed by atoms with van der Waals surface area (Å²) in [5, 5.41) is 9.45. The van der Waals surface area contributed by atoms with Gasteiger partial charge in [-0.2, -0.15) is 5.26 Å². The average molecular weight is 420 g/mol. The molecule has 0 saturated carbocycles. The molecular weight excluding hydrogens is 405 g/mol. The quantitative estimate of drug-likeness (QED) is 0.577. The summed E-state index contributed by atoms with van der Waals surface area (Å²) >= 11 is 6.37. The molecule has 1 heterocycles. The number of halogens is 2. The SMILES string of the molecule is N#Cc1cnc2c(c1N)C(C(=O)c1ccc(Oc3ccc(F)cc3)cc1Cl)=CCC2. The Hall–Kier alpha value is -3.69. The number of hydrogen-bond acceptors (Lipinski definition) is 5. The Morgan fingerprint density at radius 1 is 1.20 bits per heavy atom. The van der Waals surface area contributed by atoms with Crippen LogP contribution >= 0.6 is 11.6 Å². The Kier molecular flexibility index (Phi) is 5.21. The van der Waals surface area contributed by atoms with Crippen molar-refractivity contribution in [3.8, 4) is 17.6 Å². The summed E-state index contributed by atoms with van der Waals surface area (Å²) in [6.07, 6.45) is 4.50. The minimum absolute atomic E-state index is 0.204. The summed E-state index contributed by atoms with van der Waals surface area (Å²) in [5.41, 5.74) is 8.46. The predicted octanol–water partition coefficient (Wildman–Crippen LogP) is 5.33. The molecule has 0 saturated heterocycles. The van der Waals surface area contributed by atoms with Gasteiger partial charge in [0, 0.05) is 29.0 Å². The normalized spacial score (nSPS) is 12.5. The summed E-state index contributed by atoms with van der Waals surface area (Å²) in [6, 6.07) is 12.3. The van der Waals surface area contributed by atoms with Crippen LogP contribution in [-0.4, -0.2) is 10.8 Å². The lowest BCUT2D eigenvalue weighted by Gasteiger charge is -2.19. The van der Waals surface area contributed by atoms with E-state index in [-0.39, 0.29) is 33.4 Å². The standard InChI is InChI=1S/C23H15ClFN3O2/c24-19-10-16(30-15-6-4-14(25)5-7-15)8-9-17(19)23(29)18-2-1-3-20-21(18)22(27)13(11-26)12-28-20/h2,4-10,12H,1,3H2,(H2,27,28). The minimum atomic E-state index is -0.365. The van der Waals surface area contributed by atoms with Crippen molar-refractivity contribution in [1.82, 2.24) is 4.98 Å². The summed E-state index contributed by atoms with van der Waals surface area (Å²) in [6.45, 7) is 0. The van der Waals surface area contributed by atoms with E-state index >= 15 is 0 Å². The number of benzene rings is 2. The second kappa shape index (κ2) is 7.97. The lowest BCUT2D eigenvalue weighted by atomic mass is 9.87. The second-order valence-electron chi connectivity index (χ2n) is 6.70. The fourth-order valence-electron chi connectivity index (χ4n) is 3.33. The topological polar surface area (TPSA) is 89.0 Å². The van der Waals surface area contributed by atoms with Crippen molar-refractivity contribution >= 4 is 28.6 Å². The van der Waals surface area contributed by atoms with Gasteiger partial charge in [0.25, 0.3) is 0 Å². The highest BCUT2D eigenvalue weighted by Gasteiger charge is 2.26. The maximum absolute atomic E-state index is 13.2. The first kappa shape index (κ1) is 19.6. The number of hydrogen-bond donors (Lipinski definition) is 1. The van der Waals surface area contributed by atoms with Gasteiger partial charge in [0.2, 0.25) is 0 Å². The zero-order chi connectivity index (χ0) is 21.3. The highest BCUT2D eigenvalue weighted by Crippen LogP contribution is 2.36. The number of fused-ring (bicyclic) bond motifs is 1. The fraction of sp³-hybridized carbons (Fsp3) is 0.0870. The number of ether oxygens (including phenoxy) is 1. The molecule has 0 unspecified atom stereocenters. The number of pyridine rings is 1. The van der Waals surface area contributed by atoms with Gasteiger partial charge < -0.3 is 10.5 Å². The molecule has 4 rings (SSSR count). The van der Waals surface area contributed by atoms with Crippen molar-refractivity contribution < 1.29 is 13.9 Å². The number of anilines is 1. The second-order valence-corrected chi connectivity index (χ2v) is 7.11. The molecule has 0 fully saturated rings. The van der Waals surface area contributed by atoms with Crippen LogP contribution in [-0.2, 0) is 6.42 Å². The minimum Gasteiger partial charge on any atom is -0.457 e. The molecule has 0 bridgehead atoms. The van der Waals surface area contributed by atoms with Crippen LogP contribution in [0.2, 0.25) is 5.02 Å². The number of nitriles is 1. The molecule has 0 spiro atoms. The van der Waals surface area contributed by atoms with E-state index in [1.807, 2.05) is 6.07 Å². The maximum atomic E-state index is 13.2. The number of Topliss-reactive ketones (excluding diaryl/α,β-unsaturated/α-hetero) is 1. The van der Waals surface area contributed by atoms with Crippen LogP contribution in [0, 0.1) is 17.1 Å². The number of carbonyl (C=O) groups is 1. The highest BCUT2D eigenvalue weighted by atomic mass is 35.5. The number of aromatic nitrogens is 1. The molecule has 3 aromatic rings. The number of carbonyl (C=O) groups excluding carboxylic acids is 1. The van der Waals surface area contributed by atoms with Crippen molar-refractivity contribution in [2.24, 2.45) is 0 Å². The molecular formula is C23H15ClFN3O2. The predicted molar refractivity (Wildman–Crippen MR) is 112 cm³/mol. The molecule has 1 aliphatic rings. The van der Waals surface area contributed by atoms with Gasteiger partial charge in [-0.3, -0.25) is 9.78 Å². The first-order chi connectivity index (χ1) is 14.5. The van der Waals surface area contributed by atoms with E-state index in [0.717, 1.165) is 0 Å². The fourth-order valence-corrected chi connectivity index (χ4v) is 3.59. The summed E-state index contributed by atoms with van der Waals surface area (Å²) < 4.78 is 18.7. The van der Waals surface area contributed by atoms with E-state index in [1.165, 1.54) is 36.5 Å². The smallest absolute Gasteiger partial charge is 0.194 e. The van der Waals surface area contributed by atoms with E-state index in [4.69, 9.17) is 22.1 Å². The zero-order valence-corrected chi connectivity index (χ0v) is 16.4. The van der Waals surface area contributed by atoms with E-state index in [0.29, 0.717) is 41.2 Å². The molecule has 0 amide bonds. The van der Waals surface area contributed by atoms with E-state index in [2.05, 4.69) is 4.98 Å². The van der Waals surface area contributed by atoms with Gasteiger partial charge in [-0.25, -0.2) is 4.39 Å². The van der Waals surface area contributed by atoms with Crippen molar-refractivity contribution in [3.63, 3.8) is 0 Å². The average Bonchev–Trinajstić information content (AvgIpc) is 2.75. The monoisotopic (exact) mass is 419 g/mol. The molecule has 5 nitrogen and oxygen atoms in total. The summed E-state index contributed by atoms with van der Waals surface area (Å²) in [4.78, 5) is 17.5. The Morgan fingerprint density at radius 3 is 2.63 bits per heavy atom. The van der Waals surface area contributed by atoms with Crippen molar-refractivity contribution in [1.29, 1.82) is 5.26 Å². The Morgan fingerprint density at radius 2 is 1.93 bits per heavy atom. The third kappa shape index (κ3) is 3.63. The largest absolute Gasteiger partial charge is 0.457 e. The third-order valence-electron chi connectivity index (χ3n) is 4.80. The summed E-state index contributed by atoms with van der Waals surface area (Å²) in [5.74, 6) is 0.182. The number of nitrogen functional groups attached to an aromatic ring is 1. The van der Waals surface area contributed by atoms with Crippen LogP contribution in [0.25, 0.3) is 5.57 Å². The van der Waals surface area contributed by atoms with E-state index < -0.39 is 0 Å². The molecule has 2 N–H and O–H groups in total. The highest BCUT2D eigenvalue weighted by molar-refractivity contribution is 6.39. The van der Waals surface area contributed by atoms with Crippen LogP contribution < -0.4 is 10.5 Å². The van der Waals surface area contributed by atoms with Gasteiger partial charge in [0.05, 0.1) is 22.0 Å². The molecule has 0 atom stereocenters. The van der Waals surface area contributed by atoms with Crippen LogP contribution in [0.15, 0.2) is 54.7 Å². The molecule has 30 heavy (non-hydrogen) atoms. The summed E-state index contributed by atoms with van der Waals surface area (Å²) in [7, 11) is 0. The molecule has 0 aliphatic heterocycles. The number of ketones is 1. The molecule has 0 radical (unpaired) electrons. The van der Waals surface area contributed by atoms with Gasteiger partial charge in [0.15, 0.2) is 5.78 Å².